The maximum atomic E-state index is 13.8. The highest BCUT2D eigenvalue weighted by Gasteiger charge is 2.46. The molecule has 2 aliphatic carbocycles. The number of hydrogen-bond donors (Lipinski definition) is 2. The summed E-state index contributed by atoms with van der Waals surface area (Å²) >= 11 is 13.6. The molecule has 1 saturated heterocycles. The maximum Gasteiger partial charge on any atom is 0.253 e. The minimum Gasteiger partial charge on any atom is -0.481 e. The molecular weight excluding hydrogens is 635 g/mol. The summed E-state index contributed by atoms with van der Waals surface area (Å²) < 4.78 is 7.20. The van der Waals surface area contributed by atoms with Gasteiger partial charge in [0.1, 0.15) is 5.82 Å². The summed E-state index contributed by atoms with van der Waals surface area (Å²) in [7, 11) is 3.50. The van der Waals surface area contributed by atoms with Crippen LogP contribution in [0.3, 0.4) is 0 Å². The van der Waals surface area contributed by atoms with E-state index >= 15 is 0 Å². The Labute approximate surface area is 285 Å². The number of carbonyl (C=O) groups excluding carboxylic acids is 2. The van der Waals surface area contributed by atoms with Gasteiger partial charge in [0, 0.05) is 62.0 Å². The van der Waals surface area contributed by atoms with Crippen LogP contribution >= 0.6 is 23.2 Å². The van der Waals surface area contributed by atoms with E-state index in [-0.39, 0.29) is 24.4 Å². The molecule has 2 atom stereocenters. The number of benzene rings is 2. The third-order valence-electron chi connectivity index (χ3n) is 10.3. The third kappa shape index (κ3) is 6.52. The summed E-state index contributed by atoms with van der Waals surface area (Å²) in [6, 6.07) is 11.1. The number of methoxy groups -OCH3 is 1. The molecule has 2 N–H and O–H groups in total. The number of pyridine rings is 1. The first-order chi connectivity index (χ1) is 22.7. The summed E-state index contributed by atoms with van der Waals surface area (Å²) in [4.78, 5) is 38.1. The number of hydrogen-bond acceptors (Lipinski definition) is 6. The second-order valence-electron chi connectivity index (χ2n) is 13.5. The molecule has 3 fully saturated rings. The Kier molecular flexibility index (Phi) is 8.78. The molecule has 1 aliphatic heterocycles. The van der Waals surface area contributed by atoms with Crippen LogP contribution in [0, 0.1) is 17.8 Å². The van der Waals surface area contributed by atoms with Gasteiger partial charge in [0.15, 0.2) is 0 Å². The van der Waals surface area contributed by atoms with E-state index in [0.717, 1.165) is 90.2 Å². The third-order valence-corrected chi connectivity index (χ3v) is 11.1. The molecular formula is C36H40Cl2N6O3. The number of fused-ring (bicyclic) bond motifs is 2. The average molecular weight is 676 g/mol. The van der Waals surface area contributed by atoms with Crippen LogP contribution in [-0.2, 0) is 20.0 Å². The van der Waals surface area contributed by atoms with E-state index in [1.807, 2.05) is 19.2 Å². The van der Waals surface area contributed by atoms with E-state index in [1.54, 1.807) is 18.2 Å². The molecule has 3 aliphatic rings. The van der Waals surface area contributed by atoms with Crippen molar-refractivity contribution in [1.29, 1.82) is 0 Å². The fourth-order valence-corrected chi connectivity index (χ4v) is 7.75. The second kappa shape index (κ2) is 13.0. The number of aromatic nitrogens is 3. The SMILES string of the molecule is COc1cc(C(=O)NCc2ccc(Cl)c(Cc3nc4cc(C(=O)NC5CCC(C)CC5)c(N5CC6CC6C5)cc4n3C)c2Cl)ccn1. The standard InChI is InChI=1S/C36H40Cl2N6O3/c1-20-4-7-25(8-5-20)41-36(46)27-14-29-31(16-30(27)44-18-23-12-24(23)19-44)43(2)32(42-29)15-26-28(37)9-6-22(34(26)38)17-40-35(45)21-10-11-39-33(13-21)47-3/h6,9-11,13-14,16,20,23-25H,4-5,7-8,12,15,17-19H2,1-3H3,(H,40,45)(H,41,46). The van der Waals surface area contributed by atoms with E-state index in [9.17, 15) is 9.59 Å². The lowest BCUT2D eigenvalue weighted by Crippen LogP contribution is -2.38. The van der Waals surface area contributed by atoms with Crippen LogP contribution < -0.4 is 20.3 Å². The number of nitrogens with one attached hydrogen (secondary N) is 2. The number of aryl methyl sites for hydroxylation is 1. The number of nitrogens with zero attached hydrogens (tertiary/aromatic N) is 4. The van der Waals surface area contributed by atoms with E-state index in [0.29, 0.717) is 33.5 Å². The zero-order chi connectivity index (χ0) is 32.8. The lowest BCUT2D eigenvalue weighted by atomic mass is 9.87. The number of anilines is 1. The van der Waals surface area contributed by atoms with Crippen LogP contribution in [0.1, 0.15) is 76.7 Å². The molecule has 246 valence electrons. The number of imidazole rings is 1. The molecule has 2 amide bonds. The number of halogens is 2. The topological polar surface area (TPSA) is 101 Å². The van der Waals surface area contributed by atoms with Gasteiger partial charge in [-0.15, -0.1) is 0 Å². The van der Waals surface area contributed by atoms with Crippen molar-refractivity contribution in [2.45, 2.75) is 58.0 Å². The molecule has 2 unspecified atom stereocenters. The normalized spacial score (nSPS) is 21.9. The van der Waals surface area contributed by atoms with Crippen molar-refractivity contribution < 1.29 is 14.3 Å². The van der Waals surface area contributed by atoms with E-state index in [4.69, 9.17) is 32.9 Å². The number of ether oxygens (including phenoxy) is 1. The summed E-state index contributed by atoms with van der Waals surface area (Å²) in [5, 5.41) is 7.28. The van der Waals surface area contributed by atoms with Crippen molar-refractivity contribution in [1.82, 2.24) is 25.2 Å². The minimum atomic E-state index is -0.266. The number of carbonyl (C=O) groups is 2. The van der Waals surface area contributed by atoms with Crippen LogP contribution in [0.4, 0.5) is 5.69 Å². The van der Waals surface area contributed by atoms with Gasteiger partial charge in [0.2, 0.25) is 5.88 Å². The summed E-state index contributed by atoms with van der Waals surface area (Å²) in [5.41, 5.74) is 5.32. The fraction of sp³-hybridized carbons (Fsp3) is 0.444. The van der Waals surface area contributed by atoms with Gasteiger partial charge in [-0.3, -0.25) is 9.59 Å². The first-order valence-electron chi connectivity index (χ1n) is 16.5. The van der Waals surface area contributed by atoms with Gasteiger partial charge in [-0.1, -0.05) is 36.2 Å². The van der Waals surface area contributed by atoms with E-state index < -0.39 is 0 Å². The van der Waals surface area contributed by atoms with Crippen LogP contribution in [0.5, 0.6) is 5.88 Å². The minimum absolute atomic E-state index is 0.0136. The van der Waals surface area contributed by atoms with Crippen LogP contribution in [0.25, 0.3) is 11.0 Å². The van der Waals surface area contributed by atoms with Gasteiger partial charge in [-0.25, -0.2) is 9.97 Å². The number of amides is 2. The van der Waals surface area contributed by atoms with E-state index in [1.165, 1.54) is 19.7 Å². The van der Waals surface area contributed by atoms with Crippen LogP contribution in [0.2, 0.25) is 10.0 Å². The number of piperidine rings is 1. The van der Waals surface area contributed by atoms with Crippen LogP contribution in [-0.4, -0.2) is 52.6 Å². The first kappa shape index (κ1) is 31.8. The highest BCUT2D eigenvalue weighted by atomic mass is 35.5. The highest BCUT2D eigenvalue weighted by Crippen LogP contribution is 2.47. The lowest BCUT2D eigenvalue weighted by molar-refractivity contribution is 0.0921. The van der Waals surface area contributed by atoms with E-state index in [2.05, 4.69) is 38.1 Å². The molecule has 4 aromatic rings. The van der Waals surface area contributed by atoms with Crippen molar-refractivity contribution in [3.8, 4) is 5.88 Å². The molecule has 3 heterocycles. The van der Waals surface area contributed by atoms with Gasteiger partial charge in [-0.05, 0) is 85.3 Å². The van der Waals surface area contributed by atoms with Gasteiger partial charge >= 0.3 is 0 Å². The quantitative estimate of drug-likeness (QED) is 0.208. The van der Waals surface area contributed by atoms with Gasteiger partial charge in [-0.2, -0.15) is 0 Å². The molecule has 2 aromatic carbocycles. The zero-order valence-corrected chi connectivity index (χ0v) is 28.5. The molecule has 9 nitrogen and oxygen atoms in total. The van der Waals surface area contributed by atoms with Gasteiger partial charge in [0.25, 0.3) is 11.8 Å². The molecule has 7 rings (SSSR count). The smallest absolute Gasteiger partial charge is 0.253 e. The summed E-state index contributed by atoms with van der Waals surface area (Å²) in [5.74, 6) is 3.05. The van der Waals surface area contributed by atoms with Crippen molar-refractivity contribution in [3.63, 3.8) is 0 Å². The molecule has 47 heavy (non-hydrogen) atoms. The monoisotopic (exact) mass is 674 g/mol. The zero-order valence-electron chi connectivity index (χ0n) is 27.0. The van der Waals surface area contributed by atoms with Crippen molar-refractivity contribution in [2.75, 3.05) is 25.1 Å². The van der Waals surface area contributed by atoms with Crippen molar-refractivity contribution in [2.24, 2.45) is 24.8 Å². The number of rotatable bonds is 9. The summed E-state index contributed by atoms with van der Waals surface area (Å²) in [6.07, 6.45) is 7.55. The average Bonchev–Trinajstić information content (AvgIpc) is 3.56. The van der Waals surface area contributed by atoms with Crippen molar-refractivity contribution in [3.05, 3.63) is 80.7 Å². The predicted octanol–water partition coefficient (Wildman–Crippen LogP) is 6.57. The Morgan fingerprint density at radius 2 is 1.79 bits per heavy atom. The molecule has 0 spiro atoms. The second-order valence-corrected chi connectivity index (χ2v) is 14.3. The predicted molar refractivity (Wildman–Crippen MR) is 185 cm³/mol. The Balaban J connectivity index is 1.15. The molecule has 11 heteroatoms. The molecule has 2 saturated carbocycles. The maximum absolute atomic E-state index is 13.8. The highest BCUT2D eigenvalue weighted by molar-refractivity contribution is 6.36. The Bertz CT molecular complexity index is 1840. The first-order valence-corrected chi connectivity index (χ1v) is 17.2. The van der Waals surface area contributed by atoms with Gasteiger partial charge < -0.3 is 24.8 Å². The Hall–Kier alpha value is -3.82. The molecule has 2 aromatic heterocycles. The van der Waals surface area contributed by atoms with Crippen molar-refractivity contribution >= 4 is 51.7 Å². The Morgan fingerprint density at radius 1 is 1.02 bits per heavy atom. The Morgan fingerprint density at radius 3 is 2.53 bits per heavy atom. The molecule has 0 radical (unpaired) electrons. The summed E-state index contributed by atoms with van der Waals surface area (Å²) in [6.45, 7) is 4.49. The lowest BCUT2D eigenvalue weighted by Gasteiger charge is -2.28. The molecule has 0 bridgehead atoms. The fourth-order valence-electron chi connectivity index (χ4n) is 7.18. The van der Waals surface area contributed by atoms with Crippen LogP contribution in [0.15, 0.2) is 42.6 Å². The van der Waals surface area contributed by atoms with Gasteiger partial charge in [0.05, 0.1) is 34.4 Å². The largest absolute Gasteiger partial charge is 0.481 e.